The molecule has 1 heterocycles. The van der Waals surface area contributed by atoms with Gasteiger partial charge in [-0.15, -0.1) is 0 Å². The quantitative estimate of drug-likeness (QED) is 0.879. The summed E-state index contributed by atoms with van der Waals surface area (Å²) in [5.74, 6) is -0.244. The number of amides is 1. The molecule has 2 N–H and O–H groups in total. The largest absolute Gasteiger partial charge is 0.383 e. The van der Waals surface area contributed by atoms with Crippen molar-refractivity contribution in [3.8, 4) is 0 Å². The third-order valence-corrected chi connectivity index (χ3v) is 5.29. The minimum atomic E-state index is -3.79. The van der Waals surface area contributed by atoms with Gasteiger partial charge in [-0.3, -0.25) is 4.79 Å². The lowest BCUT2D eigenvalue weighted by atomic mass is 9.96. The fourth-order valence-electron chi connectivity index (χ4n) is 1.97. The molecule has 0 aliphatic heterocycles. The molecule has 0 aliphatic rings. The molecule has 0 aliphatic carbocycles. The number of methoxy groups -OCH3 is 1. The van der Waals surface area contributed by atoms with E-state index in [9.17, 15) is 13.2 Å². The smallest absolute Gasteiger partial charge is 0.253 e. The maximum absolute atomic E-state index is 12.2. The van der Waals surface area contributed by atoms with Crippen molar-refractivity contribution >= 4 is 37.5 Å². The highest BCUT2D eigenvalue weighted by molar-refractivity contribution is 7.89. The Hall–Kier alpha value is -1.55. The topological polar surface area (TPSA) is 104 Å². The van der Waals surface area contributed by atoms with Gasteiger partial charge in [-0.1, -0.05) is 32.1 Å². The molecule has 0 saturated carbocycles. The summed E-state index contributed by atoms with van der Waals surface area (Å²) >= 11 is 1.25. The second-order valence-electron chi connectivity index (χ2n) is 6.37. The summed E-state index contributed by atoms with van der Waals surface area (Å²) < 4.78 is 30.7. The van der Waals surface area contributed by atoms with Crippen LogP contribution in [0.2, 0.25) is 0 Å². The fourth-order valence-corrected chi connectivity index (χ4v) is 3.68. The van der Waals surface area contributed by atoms with Gasteiger partial charge in [-0.05, 0) is 18.2 Å². The standard InChI is InChI=1S/C15H21N3O4S2/c1-15(2,3)13(19)17-14-18(7-8-22-4)11-6-5-10(24(16,20)21)9-12(11)23-14/h5-6,9H,7-8H2,1-4H3,(H2,16,20,21). The van der Waals surface area contributed by atoms with Crippen LogP contribution in [0.4, 0.5) is 0 Å². The van der Waals surface area contributed by atoms with Crippen LogP contribution in [0.25, 0.3) is 10.2 Å². The highest BCUT2D eigenvalue weighted by atomic mass is 32.2. The molecule has 7 nitrogen and oxygen atoms in total. The Morgan fingerprint density at radius 3 is 2.58 bits per heavy atom. The lowest BCUT2D eigenvalue weighted by molar-refractivity contribution is -0.125. The first-order chi connectivity index (χ1) is 11.0. The molecule has 0 unspecified atom stereocenters. The molecule has 0 radical (unpaired) electrons. The third-order valence-electron chi connectivity index (χ3n) is 3.34. The van der Waals surface area contributed by atoms with E-state index < -0.39 is 15.4 Å². The van der Waals surface area contributed by atoms with Crippen LogP contribution in [0.15, 0.2) is 28.1 Å². The van der Waals surface area contributed by atoms with Gasteiger partial charge >= 0.3 is 0 Å². The summed E-state index contributed by atoms with van der Waals surface area (Å²) in [6.45, 7) is 6.33. The number of ether oxygens (including phenoxy) is 1. The number of carbonyl (C=O) groups is 1. The molecule has 1 amide bonds. The fraction of sp³-hybridized carbons (Fsp3) is 0.467. The van der Waals surface area contributed by atoms with Gasteiger partial charge in [0.25, 0.3) is 5.91 Å². The van der Waals surface area contributed by atoms with E-state index in [0.717, 1.165) is 5.52 Å². The van der Waals surface area contributed by atoms with Gasteiger partial charge in [0.1, 0.15) is 0 Å². The number of carbonyl (C=O) groups excluding carboxylic acids is 1. The number of sulfonamides is 1. The van der Waals surface area contributed by atoms with Crippen molar-refractivity contribution in [1.82, 2.24) is 4.57 Å². The van der Waals surface area contributed by atoms with Gasteiger partial charge in [0.05, 0.1) is 21.7 Å². The number of benzene rings is 1. The number of rotatable bonds is 4. The molecule has 2 rings (SSSR count). The van der Waals surface area contributed by atoms with Crippen LogP contribution in [0.1, 0.15) is 20.8 Å². The molecule has 0 spiro atoms. The van der Waals surface area contributed by atoms with Crippen molar-refractivity contribution in [3.05, 3.63) is 23.0 Å². The molecule has 0 bridgehead atoms. The number of nitrogens with two attached hydrogens (primary N) is 1. The highest BCUT2D eigenvalue weighted by Gasteiger charge is 2.21. The summed E-state index contributed by atoms with van der Waals surface area (Å²) in [5.41, 5.74) is 0.186. The van der Waals surface area contributed by atoms with Crippen LogP contribution in [-0.2, 0) is 26.1 Å². The maximum Gasteiger partial charge on any atom is 0.253 e. The molecular weight excluding hydrogens is 350 g/mol. The van der Waals surface area contributed by atoms with E-state index in [1.54, 1.807) is 33.9 Å². The SMILES string of the molecule is COCCn1c(=NC(=O)C(C)(C)C)sc2cc(S(N)(=O)=O)ccc21. The predicted octanol–water partition coefficient (Wildman–Crippen LogP) is 1.47. The molecule has 24 heavy (non-hydrogen) atoms. The van der Waals surface area contributed by atoms with Crippen molar-refractivity contribution in [3.63, 3.8) is 0 Å². The summed E-state index contributed by atoms with van der Waals surface area (Å²) in [6.07, 6.45) is 0. The molecule has 132 valence electrons. The van der Waals surface area contributed by atoms with Crippen molar-refractivity contribution in [2.45, 2.75) is 32.2 Å². The normalized spacial score (nSPS) is 13.6. The Morgan fingerprint density at radius 1 is 1.38 bits per heavy atom. The second-order valence-corrected chi connectivity index (χ2v) is 8.94. The van der Waals surface area contributed by atoms with Gasteiger partial charge < -0.3 is 9.30 Å². The van der Waals surface area contributed by atoms with Crippen LogP contribution < -0.4 is 9.94 Å². The highest BCUT2D eigenvalue weighted by Crippen LogP contribution is 2.22. The molecule has 9 heteroatoms. The van der Waals surface area contributed by atoms with Gasteiger partial charge in [-0.2, -0.15) is 4.99 Å². The molecule has 1 aromatic heterocycles. The van der Waals surface area contributed by atoms with Crippen LogP contribution >= 0.6 is 11.3 Å². The number of hydrogen-bond donors (Lipinski definition) is 1. The van der Waals surface area contributed by atoms with Crippen molar-refractivity contribution in [1.29, 1.82) is 0 Å². The van der Waals surface area contributed by atoms with Crippen molar-refractivity contribution in [2.75, 3.05) is 13.7 Å². The van der Waals surface area contributed by atoms with E-state index in [0.29, 0.717) is 22.7 Å². The average Bonchev–Trinajstić information content (AvgIpc) is 2.79. The monoisotopic (exact) mass is 371 g/mol. The van der Waals surface area contributed by atoms with Crippen molar-refractivity contribution < 1.29 is 17.9 Å². The van der Waals surface area contributed by atoms with Crippen LogP contribution in [0.3, 0.4) is 0 Å². The van der Waals surface area contributed by atoms with Crippen molar-refractivity contribution in [2.24, 2.45) is 15.5 Å². The Bertz CT molecular complexity index is 934. The molecule has 0 atom stereocenters. The number of hydrogen-bond acceptors (Lipinski definition) is 5. The van der Waals surface area contributed by atoms with E-state index in [2.05, 4.69) is 4.99 Å². The molecule has 2 aromatic rings. The van der Waals surface area contributed by atoms with E-state index in [1.807, 2.05) is 4.57 Å². The van der Waals surface area contributed by atoms with Crippen LogP contribution in [-0.4, -0.2) is 32.6 Å². The van der Waals surface area contributed by atoms with Gasteiger partial charge in [0.15, 0.2) is 4.80 Å². The van der Waals surface area contributed by atoms with E-state index in [-0.39, 0.29) is 10.8 Å². The number of thiazole rings is 1. The van der Waals surface area contributed by atoms with E-state index >= 15 is 0 Å². The molecular formula is C15H21N3O4S2. The third kappa shape index (κ3) is 4.10. The second kappa shape index (κ2) is 6.75. The van der Waals surface area contributed by atoms with E-state index in [4.69, 9.17) is 9.88 Å². The van der Waals surface area contributed by atoms with Crippen LogP contribution in [0.5, 0.6) is 0 Å². The predicted molar refractivity (Wildman–Crippen MR) is 93.1 cm³/mol. The van der Waals surface area contributed by atoms with Crippen LogP contribution in [0, 0.1) is 5.41 Å². The zero-order valence-electron chi connectivity index (χ0n) is 14.1. The number of nitrogens with zero attached hydrogens (tertiary/aromatic N) is 2. The summed E-state index contributed by atoms with van der Waals surface area (Å²) in [6, 6.07) is 4.62. The summed E-state index contributed by atoms with van der Waals surface area (Å²) in [4.78, 5) is 17.0. The molecule has 0 fully saturated rings. The summed E-state index contributed by atoms with van der Waals surface area (Å²) in [5, 5.41) is 5.18. The summed E-state index contributed by atoms with van der Waals surface area (Å²) in [7, 11) is -2.20. The number of fused-ring (bicyclic) bond motifs is 1. The van der Waals surface area contributed by atoms with Gasteiger partial charge in [-0.25, -0.2) is 13.6 Å². The first kappa shape index (κ1) is 18.8. The molecule has 0 saturated heterocycles. The minimum Gasteiger partial charge on any atom is -0.383 e. The van der Waals surface area contributed by atoms with Gasteiger partial charge in [0, 0.05) is 19.1 Å². The lowest BCUT2D eigenvalue weighted by Crippen LogP contribution is -2.24. The minimum absolute atomic E-state index is 0.0313. The number of primary sulfonamides is 1. The number of aromatic nitrogens is 1. The molecule has 1 aromatic carbocycles. The van der Waals surface area contributed by atoms with Gasteiger partial charge in [0.2, 0.25) is 10.0 Å². The Morgan fingerprint density at radius 2 is 2.04 bits per heavy atom. The van der Waals surface area contributed by atoms with E-state index in [1.165, 1.54) is 23.5 Å². The Balaban J connectivity index is 2.69. The Labute approximate surface area is 144 Å². The maximum atomic E-state index is 12.2. The first-order valence-corrected chi connectivity index (χ1v) is 9.64. The Kier molecular flexibility index (Phi) is 5.28. The zero-order chi connectivity index (χ0) is 18.1. The first-order valence-electron chi connectivity index (χ1n) is 7.28. The zero-order valence-corrected chi connectivity index (χ0v) is 15.7. The lowest BCUT2D eigenvalue weighted by Gasteiger charge is -2.12. The average molecular weight is 371 g/mol.